The number of rotatable bonds is 2. The number of thiazole rings is 1. The molecule has 26 heavy (non-hydrogen) atoms. The zero-order valence-corrected chi connectivity index (χ0v) is 15.8. The number of amides is 1. The lowest BCUT2D eigenvalue weighted by Gasteiger charge is -2.37. The average Bonchev–Trinajstić information content (AvgIpc) is 3.41. The Morgan fingerprint density at radius 2 is 1.81 bits per heavy atom. The number of ether oxygens (including phenoxy) is 2. The van der Waals surface area contributed by atoms with Gasteiger partial charge in [-0.05, 0) is 24.3 Å². The highest BCUT2D eigenvalue weighted by molar-refractivity contribution is 7.26. The van der Waals surface area contributed by atoms with Crippen LogP contribution < -0.4 is 0 Å². The number of fused-ring (bicyclic) bond motifs is 1. The molecule has 4 heterocycles. The third-order valence-electron chi connectivity index (χ3n) is 4.95. The Morgan fingerprint density at radius 3 is 2.58 bits per heavy atom. The van der Waals surface area contributed by atoms with Crippen molar-refractivity contribution in [3.8, 4) is 9.88 Å². The van der Waals surface area contributed by atoms with Gasteiger partial charge in [-0.25, -0.2) is 4.98 Å². The fourth-order valence-corrected chi connectivity index (χ4v) is 5.53. The Balaban J connectivity index is 1.32. The number of carbonyl (C=O) groups is 1. The van der Waals surface area contributed by atoms with Gasteiger partial charge in [-0.3, -0.25) is 4.79 Å². The molecule has 1 aromatic carbocycles. The van der Waals surface area contributed by atoms with Crippen molar-refractivity contribution in [1.82, 2.24) is 9.88 Å². The lowest BCUT2D eigenvalue weighted by Crippen LogP contribution is -2.47. The molecule has 0 aliphatic carbocycles. The molecule has 2 aliphatic heterocycles. The maximum absolute atomic E-state index is 12.9. The Bertz CT molecular complexity index is 916. The first kappa shape index (κ1) is 16.4. The first-order valence-electron chi connectivity index (χ1n) is 8.75. The number of thiophene rings is 1. The monoisotopic (exact) mass is 386 g/mol. The molecule has 2 aliphatic rings. The second-order valence-corrected chi connectivity index (χ2v) is 8.66. The molecule has 3 aromatic rings. The summed E-state index contributed by atoms with van der Waals surface area (Å²) in [7, 11) is 0. The van der Waals surface area contributed by atoms with Crippen LogP contribution in [0.2, 0.25) is 0 Å². The number of likely N-dealkylation sites (tertiary alicyclic amines) is 1. The van der Waals surface area contributed by atoms with Gasteiger partial charge in [0.2, 0.25) is 0 Å². The Hall–Kier alpha value is -1.80. The molecular weight excluding hydrogens is 368 g/mol. The largest absolute Gasteiger partial charge is 0.347 e. The molecule has 0 bridgehead atoms. The number of carbonyl (C=O) groups excluding carboxylic acids is 1. The first-order valence-corrected chi connectivity index (χ1v) is 10.4. The number of para-hydroxylation sites is 1. The molecule has 0 atom stereocenters. The minimum absolute atomic E-state index is 0.0928. The molecule has 2 fully saturated rings. The van der Waals surface area contributed by atoms with Gasteiger partial charge in [0.25, 0.3) is 5.91 Å². The fourth-order valence-electron chi connectivity index (χ4n) is 3.54. The molecule has 1 spiro atoms. The van der Waals surface area contributed by atoms with Crippen LogP contribution in [0.15, 0.2) is 36.4 Å². The Labute approximate surface area is 159 Å². The van der Waals surface area contributed by atoms with Crippen molar-refractivity contribution in [2.75, 3.05) is 26.3 Å². The highest BCUT2D eigenvalue weighted by Crippen LogP contribution is 2.36. The van der Waals surface area contributed by atoms with Crippen LogP contribution in [0.5, 0.6) is 0 Å². The SMILES string of the molecule is O=C(c1ccc(-c2nc3ccccc3s2)s1)N1CCC2(CC1)OCCO2. The molecule has 5 rings (SSSR count). The minimum Gasteiger partial charge on any atom is -0.347 e. The van der Waals surface area contributed by atoms with E-state index >= 15 is 0 Å². The van der Waals surface area contributed by atoms with Crippen LogP contribution in [0.1, 0.15) is 22.5 Å². The quantitative estimate of drug-likeness (QED) is 0.668. The number of hydrogen-bond donors (Lipinski definition) is 0. The molecule has 5 nitrogen and oxygen atoms in total. The van der Waals surface area contributed by atoms with Crippen LogP contribution in [0.3, 0.4) is 0 Å². The summed E-state index contributed by atoms with van der Waals surface area (Å²) in [4.78, 5) is 21.3. The normalized spacial score (nSPS) is 19.5. The molecule has 7 heteroatoms. The lowest BCUT2D eigenvalue weighted by molar-refractivity contribution is -0.181. The van der Waals surface area contributed by atoms with E-state index < -0.39 is 5.79 Å². The molecule has 1 amide bonds. The van der Waals surface area contributed by atoms with E-state index in [-0.39, 0.29) is 5.91 Å². The summed E-state index contributed by atoms with van der Waals surface area (Å²) in [6.07, 6.45) is 1.49. The zero-order chi connectivity index (χ0) is 17.6. The topological polar surface area (TPSA) is 51.7 Å². The molecule has 0 N–H and O–H groups in total. The molecule has 134 valence electrons. The van der Waals surface area contributed by atoms with Gasteiger partial charge < -0.3 is 14.4 Å². The molecule has 0 unspecified atom stereocenters. The summed E-state index contributed by atoms with van der Waals surface area (Å²) in [5.41, 5.74) is 1.01. The van der Waals surface area contributed by atoms with Gasteiger partial charge in [0.1, 0.15) is 5.01 Å². The van der Waals surface area contributed by atoms with Crippen molar-refractivity contribution in [3.63, 3.8) is 0 Å². The van der Waals surface area contributed by atoms with E-state index in [0.29, 0.717) is 26.3 Å². The highest BCUT2D eigenvalue weighted by atomic mass is 32.1. The number of benzene rings is 1. The van der Waals surface area contributed by atoms with E-state index in [4.69, 9.17) is 9.47 Å². The van der Waals surface area contributed by atoms with E-state index in [1.54, 1.807) is 11.3 Å². The van der Waals surface area contributed by atoms with Crippen LogP contribution in [0, 0.1) is 0 Å². The molecule has 2 aromatic heterocycles. The van der Waals surface area contributed by atoms with Gasteiger partial charge in [0.15, 0.2) is 5.79 Å². The zero-order valence-electron chi connectivity index (χ0n) is 14.1. The van der Waals surface area contributed by atoms with Crippen LogP contribution in [-0.2, 0) is 9.47 Å². The molecular formula is C19H18N2O3S2. The van der Waals surface area contributed by atoms with E-state index in [9.17, 15) is 4.79 Å². The van der Waals surface area contributed by atoms with Crippen molar-refractivity contribution in [2.45, 2.75) is 18.6 Å². The van der Waals surface area contributed by atoms with Gasteiger partial charge >= 0.3 is 0 Å². The van der Waals surface area contributed by atoms with Gasteiger partial charge in [-0.1, -0.05) is 12.1 Å². The van der Waals surface area contributed by atoms with Crippen molar-refractivity contribution in [3.05, 3.63) is 41.3 Å². The van der Waals surface area contributed by atoms with Gasteiger partial charge in [0.05, 0.1) is 33.2 Å². The summed E-state index contributed by atoms with van der Waals surface area (Å²) in [5.74, 6) is -0.353. The summed E-state index contributed by atoms with van der Waals surface area (Å²) >= 11 is 3.19. The maximum Gasteiger partial charge on any atom is 0.263 e. The Morgan fingerprint density at radius 1 is 1.04 bits per heavy atom. The predicted molar refractivity (Wildman–Crippen MR) is 103 cm³/mol. The van der Waals surface area contributed by atoms with Crippen LogP contribution >= 0.6 is 22.7 Å². The van der Waals surface area contributed by atoms with E-state index in [1.807, 2.05) is 35.2 Å². The van der Waals surface area contributed by atoms with Gasteiger partial charge in [0, 0.05) is 25.9 Å². The summed E-state index contributed by atoms with van der Waals surface area (Å²) in [6, 6.07) is 12.0. The third-order valence-corrected chi connectivity index (χ3v) is 7.23. The van der Waals surface area contributed by atoms with Crippen molar-refractivity contribution >= 4 is 38.8 Å². The van der Waals surface area contributed by atoms with Crippen LogP contribution in [0.4, 0.5) is 0 Å². The molecule has 2 saturated heterocycles. The van der Waals surface area contributed by atoms with Crippen LogP contribution in [-0.4, -0.2) is 47.9 Å². The van der Waals surface area contributed by atoms with Crippen LogP contribution in [0.25, 0.3) is 20.1 Å². The second kappa shape index (κ2) is 6.42. The maximum atomic E-state index is 12.9. The molecule has 0 radical (unpaired) electrons. The summed E-state index contributed by atoms with van der Waals surface area (Å²) in [6.45, 7) is 2.66. The highest BCUT2D eigenvalue weighted by Gasteiger charge is 2.41. The summed E-state index contributed by atoms with van der Waals surface area (Å²) in [5, 5.41) is 0.973. The predicted octanol–water partition coefficient (Wildman–Crippen LogP) is 4.00. The van der Waals surface area contributed by atoms with Crippen molar-refractivity contribution in [1.29, 1.82) is 0 Å². The standard InChI is InChI=1S/C19H18N2O3S2/c22-18(21-9-7-19(8-10-21)23-11-12-24-19)16-6-5-15(25-16)17-20-13-3-1-2-4-14(13)26-17/h1-6H,7-12H2. The smallest absolute Gasteiger partial charge is 0.263 e. The van der Waals surface area contributed by atoms with Crippen molar-refractivity contribution < 1.29 is 14.3 Å². The number of hydrogen-bond acceptors (Lipinski definition) is 6. The fraction of sp³-hybridized carbons (Fsp3) is 0.368. The number of nitrogens with zero attached hydrogens (tertiary/aromatic N) is 2. The van der Waals surface area contributed by atoms with E-state index in [1.165, 1.54) is 16.0 Å². The Kier molecular flexibility index (Phi) is 4.04. The van der Waals surface area contributed by atoms with Gasteiger partial charge in [-0.2, -0.15) is 0 Å². The van der Waals surface area contributed by atoms with E-state index in [2.05, 4.69) is 11.1 Å². The number of piperidine rings is 1. The molecule has 0 saturated carbocycles. The third kappa shape index (κ3) is 2.85. The second-order valence-electron chi connectivity index (χ2n) is 6.55. The van der Waals surface area contributed by atoms with Gasteiger partial charge in [-0.15, -0.1) is 22.7 Å². The lowest BCUT2D eigenvalue weighted by atomic mass is 10.0. The average molecular weight is 386 g/mol. The minimum atomic E-state index is -0.446. The summed E-state index contributed by atoms with van der Waals surface area (Å²) < 4.78 is 12.7. The van der Waals surface area contributed by atoms with E-state index in [0.717, 1.165) is 33.1 Å². The first-order chi connectivity index (χ1) is 12.7. The number of aromatic nitrogens is 1. The van der Waals surface area contributed by atoms with Crippen molar-refractivity contribution in [2.24, 2.45) is 0 Å².